The van der Waals surface area contributed by atoms with Gasteiger partial charge in [-0.05, 0) is 41.3 Å². The minimum absolute atomic E-state index is 0.0388. The Labute approximate surface area is 196 Å². The zero-order chi connectivity index (χ0) is 24.3. The lowest BCUT2D eigenvalue weighted by Crippen LogP contribution is -2.55. The van der Waals surface area contributed by atoms with Crippen molar-refractivity contribution in [2.45, 2.75) is 18.4 Å². The summed E-state index contributed by atoms with van der Waals surface area (Å²) in [6.45, 7) is 0.501. The number of amides is 2. The lowest BCUT2D eigenvalue weighted by Gasteiger charge is -2.24. The third-order valence-corrected chi connectivity index (χ3v) is 5.93. The van der Waals surface area contributed by atoms with Crippen molar-refractivity contribution in [2.24, 2.45) is 0 Å². The molecule has 8 nitrogen and oxygen atoms in total. The van der Waals surface area contributed by atoms with E-state index in [2.05, 4.69) is 10.6 Å². The van der Waals surface area contributed by atoms with Gasteiger partial charge >= 0.3 is 12.1 Å². The number of carbonyl (C=O) groups excluding carboxylic acids is 2. The Morgan fingerprint density at radius 3 is 2.06 bits per heavy atom. The minimum atomic E-state index is -1.87. The first-order valence-corrected chi connectivity index (χ1v) is 10.7. The zero-order valence-electron chi connectivity index (χ0n) is 18.4. The Kier molecular flexibility index (Phi) is 6.34. The average Bonchev–Trinajstić information content (AvgIpc) is 3.16. The topological polar surface area (TPSA) is 125 Å². The number of aliphatic carboxylic acids is 1. The smallest absolute Gasteiger partial charge is 0.411 e. The van der Waals surface area contributed by atoms with E-state index in [0.29, 0.717) is 0 Å². The fourth-order valence-electron chi connectivity index (χ4n) is 4.01. The summed E-state index contributed by atoms with van der Waals surface area (Å²) in [6.07, 6.45) is -0.745. The molecule has 0 heterocycles. The molecule has 0 spiro atoms. The molecule has 0 radical (unpaired) electrons. The predicted octanol–water partition coefficient (Wildman–Crippen LogP) is 3.61. The number of aliphatic hydroxyl groups is 1. The largest absolute Gasteiger partial charge is 0.479 e. The molecule has 3 aromatic carbocycles. The second-order valence-corrected chi connectivity index (χ2v) is 8.25. The fourth-order valence-corrected chi connectivity index (χ4v) is 4.01. The summed E-state index contributed by atoms with van der Waals surface area (Å²) in [5, 5.41) is 23.5. The molecule has 0 saturated heterocycles. The van der Waals surface area contributed by atoms with Crippen LogP contribution in [-0.2, 0) is 9.53 Å². The van der Waals surface area contributed by atoms with Crippen LogP contribution in [0.15, 0.2) is 72.8 Å². The van der Waals surface area contributed by atoms with Crippen molar-refractivity contribution in [3.05, 3.63) is 89.5 Å². The highest BCUT2D eigenvalue weighted by molar-refractivity contribution is 6.04. The summed E-state index contributed by atoms with van der Waals surface area (Å²) >= 11 is 0. The van der Waals surface area contributed by atoms with E-state index < -0.39 is 30.1 Å². The molecule has 2 amide bonds. The van der Waals surface area contributed by atoms with Gasteiger partial charge in [-0.25, -0.2) is 9.59 Å². The molecule has 1 unspecified atom stereocenters. The first kappa shape index (κ1) is 23.0. The average molecular weight is 460 g/mol. The number of hydrogen-bond acceptors (Lipinski definition) is 5. The molecule has 0 saturated carbocycles. The van der Waals surface area contributed by atoms with Gasteiger partial charge in [0.15, 0.2) is 5.54 Å². The van der Waals surface area contributed by atoms with Crippen LogP contribution in [0.25, 0.3) is 11.1 Å². The Morgan fingerprint density at radius 1 is 0.912 bits per heavy atom. The second-order valence-electron chi connectivity index (χ2n) is 8.25. The van der Waals surface area contributed by atoms with E-state index in [-0.39, 0.29) is 23.8 Å². The van der Waals surface area contributed by atoms with Gasteiger partial charge in [-0.15, -0.1) is 0 Å². The number of ether oxygens (including phenoxy) is 1. The molecule has 0 aliphatic heterocycles. The number of anilines is 1. The third-order valence-electron chi connectivity index (χ3n) is 5.93. The van der Waals surface area contributed by atoms with Crippen molar-refractivity contribution in [1.82, 2.24) is 5.32 Å². The number of fused-ring (bicyclic) bond motifs is 3. The van der Waals surface area contributed by atoms with Crippen molar-refractivity contribution in [3.8, 4) is 11.1 Å². The van der Waals surface area contributed by atoms with Gasteiger partial charge in [-0.2, -0.15) is 0 Å². The van der Waals surface area contributed by atoms with Crippen LogP contribution in [-0.4, -0.2) is 46.9 Å². The molecule has 174 valence electrons. The van der Waals surface area contributed by atoms with E-state index in [1.807, 2.05) is 48.5 Å². The molecular weight excluding hydrogens is 436 g/mol. The van der Waals surface area contributed by atoms with Crippen molar-refractivity contribution in [3.63, 3.8) is 0 Å². The first-order valence-electron chi connectivity index (χ1n) is 10.7. The normalized spacial score (nSPS) is 13.8. The summed E-state index contributed by atoms with van der Waals surface area (Å²) in [5.41, 5.74) is 2.70. The summed E-state index contributed by atoms with van der Waals surface area (Å²) in [5.74, 6) is -2.25. The number of benzene rings is 3. The van der Waals surface area contributed by atoms with Crippen LogP contribution in [0.5, 0.6) is 0 Å². The highest BCUT2D eigenvalue weighted by Crippen LogP contribution is 2.44. The number of hydrogen-bond donors (Lipinski definition) is 4. The van der Waals surface area contributed by atoms with Gasteiger partial charge in [0.05, 0.1) is 17.9 Å². The summed E-state index contributed by atoms with van der Waals surface area (Å²) in [4.78, 5) is 36.7. The first-order chi connectivity index (χ1) is 16.3. The SMILES string of the molecule is CC(CO)(NC(=O)c1ccccc1NC(=O)OCC1c2ccccc2-c2ccccc21)C(=O)O. The maximum absolute atomic E-state index is 12.7. The molecular formula is C26H24N2O6. The molecule has 0 bridgehead atoms. The molecule has 0 aromatic heterocycles. The van der Waals surface area contributed by atoms with Gasteiger partial charge in [0.25, 0.3) is 5.91 Å². The molecule has 3 aromatic rings. The Morgan fingerprint density at radius 2 is 1.47 bits per heavy atom. The summed E-state index contributed by atoms with van der Waals surface area (Å²) < 4.78 is 5.52. The van der Waals surface area contributed by atoms with Gasteiger partial charge in [0.2, 0.25) is 0 Å². The minimum Gasteiger partial charge on any atom is -0.479 e. The van der Waals surface area contributed by atoms with Gasteiger partial charge in [-0.3, -0.25) is 10.1 Å². The van der Waals surface area contributed by atoms with Gasteiger partial charge in [0.1, 0.15) is 6.61 Å². The predicted molar refractivity (Wildman–Crippen MR) is 126 cm³/mol. The van der Waals surface area contributed by atoms with E-state index in [9.17, 15) is 24.6 Å². The highest BCUT2D eigenvalue weighted by atomic mass is 16.5. The zero-order valence-corrected chi connectivity index (χ0v) is 18.4. The summed E-state index contributed by atoms with van der Waals surface area (Å²) in [6, 6.07) is 22.1. The number of rotatable bonds is 7. The van der Waals surface area contributed by atoms with Crippen LogP contribution in [0.1, 0.15) is 34.3 Å². The van der Waals surface area contributed by atoms with Gasteiger partial charge in [0, 0.05) is 5.92 Å². The maximum atomic E-state index is 12.7. The van der Waals surface area contributed by atoms with E-state index >= 15 is 0 Å². The third kappa shape index (κ3) is 4.35. The van der Waals surface area contributed by atoms with Crippen LogP contribution >= 0.6 is 0 Å². The molecule has 34 heavy (non-hydrogen) atoms. The van der Waals surface area contributed by atoms with Crippen LogP contribution in [0.3, 0.4) is 0 Å². The number of carbonyl (C=O) groups is 3. The number of carboxylic acids is 1. The van der Waals surface area contributed by atoms with E-state index in [4.69, 9.17) is 4.74 Å². The standard InChI is InChI=1S/C26H24N2O6/c1-26(15-29,24(31)32)28-23(30)20-12-6-7-13-22(20)27-25(33)34-14-21-18-10-4-2-8-16(18)17-9-3-5-11-19(17)21/h2-13,21,29H,14-15H2,1H3,(H,27,33)(H,28,30)(H,31,32). The molecule has 1 atom stereocenters. The Bertz CT molecular complexity index is 1210. The van der Waals surface area contributed by atoms with Crippen LogP contribution < -0.4 is 10.6 Å². The lowest BCUT2D eigenvalue weighted by atomic mass is 9.98. The van der Waals surface area contributed by atoms with Gasteiger partial charge < -0.3 is 20.3 Å². The van der Waals surface area contributed by atoms with Crippen molar-refractivity contribution in [1.29, 1.82) is 0 Å². The fraction of sp³-hybridized carbons (Fsp3) is 0.192. The molecule has 0 fully saturated rings. The van der Waals surface area contributed by atoms with Crippen LogP contribution in [0.4, 0.5) is 10.5 Å². The number of para-hydroxylation sites is 1. The van der Waals surface area contributed by atoms with E-state index in [1.54, 1.807) is 12.1 Å². The molecule has 8 heteroatoms. The Hall–Kier alpha value is -4.17. The molecule has 1 aliphatic rings. The van der Waals surface area contributed by atoms with Crippen LogP contribution in [0.2, 0.25) is 0 Å². The van der Waals surface area contributed by atoms with Crippen molar-refractivity contribution < 1.29 is 29.3 Å². The maximum Gasteiger partial charge on any atom is 0.411 e. The van der Waals surface area contributed by atoms with Crippen molar-refractivity contribution in [2.75, 3.05) is 18.5 Å². The van der Waals surface area contributed by atoms with Crippen molar-refractivity contribution >= 4 is 23.7 Å². The molecule has 4 rings (SSSR count). The van der Waals surface area contributed by atoms with Gasteiger partial charge in [-0.1, -0.05) is 60.7 Å². The number of aliphatic hydroxyl groups excluding tert-OH is 1. The van der Waals surface area contributed by atoms with E-state index in [0.717, 1.165) is 22.3 Å². The van der Waals surface area contributed by atoms with E-state index in [1.165, 1.54) is 19.1 Å². The lowest BCUT2D eigenvalue weighted by molar-refractivity contribution is -0.145. The highest BCUT2D eigenvalue weighted by Gasteiger charge is 2.35. The number of nitrogens with one attached hydrogen (secondary N) is 2. The quantitative estimate of drug-likeness (QED) is 0.427. The number of carboxylic acid groups (broad SMARTS) is 1. The second kappa shape index (κ2) is 9.36. The molecule has 4 N–H and O–H groups in total. The Balaban J connectivity index is 1.47. The summed E-state index contributed by atoms with van der Waals surface area (Å²) in [7, 11) is 0. The molecule has 1 aliphatic carbocycles. The van der Waals surface area contributed by atoms with Crippen LogP contribution in [0, 0.1) is 0 Å². The monoisotopic (exact) mass is 460 g/mol.